The van der Waals surface area contributed by atoms with Crippen molar-refractivity contribution in [1.82, 2.24) is 5.32 Å². The molecule has 3 aromatic rings. The number of halogens is 2. The molecule has 0 radical (unpaired) electrons. The summed E-state index contributed by atoms with van der Waals surface area (Å²) >= 11 is 0. The van der Waals surface area contributed by atoms with E-state index in [1.54, 1.807) is 24.3 Å². The van der Waals surface area contributed by atoms with Gasteiger partial charge in [0.1, 0.15) is 23.2 Å². The molecule has 0 aliphatic heterocycles. The van der Waals surface area contributed by atoms with E-state index in [1.807, 2.05) is 18.2 Å². The standard InChI is InChI=1S/C19H17F2NO/c20-16-7-5-15(6-8-16)19-10-9-17(23-19)13-22-12-11-14-3-1-2-4-18(14)21/h1-10,22H,11-13H2. The smallest absolute Gasteiger partial charge is 0.134 e. The lowest BCUT2D eigenvalue weighted by Gasteiger charge is -2.04. The first-order chi connectivity index (χ1) is 11.2. The molecule has 1 N–H and O–H groups in total. The van der Waals surface area contributed by atoms with E-state index in [1.165, 1.54) is 18.2 Å². The molecular formula is C19H17F2NO. The summed E-state index contributed by atoms with van der Waals surface area (Å²) < 4.78 is 32.1. The van der Waals surface area contributed by atoms with Crippen LogP contribution in [0.5, 0.6) is 0 Å². The van der Waals surface area contributed by atoms with Gasteiger partial charge in [-0.15, -0.1) is 0 Å². The van der Waals surface area contributed by atoms with Gasteiger partial charge in [-0.1, -0.05) is 18.2 Å². The highest BCUT2D eigenvalue weighted by atomic mass is 19.1. The second-order valence-corrected chi connectivity index (χ2v) is 5.29. The fourth-order valence-corrected chi connectivity index (χ4v) is 2.38. The molecule has 3 rings (SSSR count). The summed E-state index contributed by atoms with van der Waals surface area (Å²) in [4.78, 5) is 0. The number of rotatable bonds is 6. The van der Waals surface area contributed by atoms with E-state index >= 15 is 0 Å². The molecule has 0 aliphatic rings. The molecule has 2 nitrogen and oxygen atoms in total. The van der Waals surface area contributed by atoms with Crippen molar-refractivity contribution in [2.24, 2.45) is 0 Å². The van der Waals surface area contributed by atoms with Crippen molar-refractivity contribution in [3.63, 3.8) is 0 Å². The third-order valence-electron chi connectivity index (χ3n) is 3.62. The molecule has 0 aliphatic carbocycles. The third kappa shape index (κ3) is 4.05. The molecule has 0 fully saturated rings. The average Bonchev–Trinajstić information content (AvgIpc) is 3.03. The third-order valence-corrected chi connectivity index (χ3v) is 3.62. The minimum atomic E-state index is -0.268. The Bertz CT molecular complexity index is 765. The van der Waals surface area contributed by atoms with Crippen LogP contribution >= 0.6 is 0 Å². The molecule has 0 saturated carbocycles. The first-order valence-electron chi connectivity index (χ1n) is 7.51. The van der Waals surface area contributed by atoms with Crippen LogP contribution in [0.3, 0.4) is 0 Å². The fourth-order valence-electron chi connectivity index (χ4n) is 2.38. The van der Waals surface area contributed by atoms with Crippen LogP contribution in [0, 0.1) is 11.6 Å². The Morgan fingerprint density at radius 1 is 0.870 bits per heavy atom. The lowest BCUT2D eigenvalue weighted by molar-refractivity contribution is 0.493. The van der Waals surface area contributed by atoms with Crippen LogP contribution in [-0.4, -0.2) is 6.54 Å². The summed E-state index contributed by atoms with van der Waals surface area (Å²) in [6, 6.07) is 16.7. The van der Waals surface area contributed by atoms with Gasteiger partial charge in [-0.3, -0.25) is 0 Å². The highest BCUT2D eigenvalue weighted by Gasteiger charge is 2.05. The maximum atomic E-state index is 13.5. The molecule has 118 valence electrons. The number of furan rings is 1. The van der Waals surface area contributed by atoms with Crippen molar-refractivity contribution in [3.05, 3.63) is 83.6 Å². The van der Waals surface area contributed by atoms with Gasteiger partial charge in [0.05, 0.1) is 6.54 Å². The first kappa shape index (κ1) is 15.4. The molecule has 0 spiro atoms. The summed E-state index contributed by atoms with van der Waals surface area (Å²) in [5, 5.41) is 3.23. The molecular weight excluding hydrogens is 296 g/mol. The monoisotopic (exact) mass is 313 g/mol. The SMILES string of the molecule is Fc1ccc(-c2ccc(CNCCc3ccccc3F)o2)cc1. The molecule has 4 heteroatoms. The van der Waals surface area contributed by atoms with Crippen molar-refractivity contribution in [1.29, 1.82) is 0 Å². The van der Waals surface area contributed by atoms with Crippen molar-refractivity contribution in [2.45, 2.75) is 13.0 Å². The molecule has 0 atom stereocenters. The normalized spacial score (nSPS) is 10.9. The van der Waals surface area contributed by atoms with Crippen molar-refractivity contribution < 1.29 is 13.2 Å². The van der Waals surface area contributed by atoms with E-state index in [-0.39, 0.29) is 11.6 Å². The molecule has 1 heterocycles. The second-order valence-electron chi connectivity index (χ2n) is 5.29. The van der Waals surface area contributed by atoms with Gasteiger partial charge in [-0.05, 0) is 61.0 Å². The van der Waals surface area contributed by atoms with E-state index in [4.69, 9.17) is 4.42 Å². The highest BCUT2D eigenvalue weighted by Crippen LogP contribution is 2.22. The quantitative estimate of drug-likeness (QED) is 0.675. The fraction of sp³-hybridized carbons (Fsp3) is 0.158. The Hall–Kier alpha value is -2.46. The van der Waals surface area contributed by atoms with E-state index in [0.29, 0.717) is 30.8 Å². The number of hydrogen-bond acceptors (Lipinski definition) is 2. The van der Waals surface area contributed by atoms with Crippen LogP contribution < -0.4 is 5.32 Å². The molecule has 0 amide bonds. The lowest BCUT2D eigenvalue weighted by atomic mass is 10.1. The van der Waals surface area contributed by atoms with Crippen molar-refractivity contribution in [3.8, 4) is 11.3 Å². The zero-order valence-electron chi connectivity index (χ0n) is 12.6. The van der Waals surface area contributed by atoms with Crippen molar-refractivity contribution >= 4 is 0 Å². The Labute approximate surface area is 133 Å². The molecule has 23 heavy (non-hydrogen) atoms. The van der Waals surface area contributed by atoms with Crippen LogP contribution in [-0.2, 0) is 13.0 Å². The van der Waals surface area contributed by atoms with Gasteiger partial charge >= 0.3 is 0 Å². The highest BCUT2D eigenvalue weighted by molar-refractivity contribution is 5.57. The van der Waals surface area contributed by atoms with Crippen LogP contribution in [0.15, 0.2) is 65.1 Å². The van der Waals surface area contributed by atoms with Gasteiger partial charge in [-0.25, -0.2) is 8.78 Å². The van der Waals surface area contributed by atoms with E-state index in [2.05, 4.69) is 5.32 Å². The Morgan fingerprint density at radius 2 is 1.65 bits per heavy atom. The minimum Gasteiger partial charge on any atom is -0.460 e. The van der Waals surface area contributed by atoms with Gasteiger partial charge < -0.3 is 9.73 Å². The summed E-state index contributed by atoms with van der Waals surface area (Å²) in [6.07, 6.45) is 0.623. The topological polar surface area (TPSA) is 25.2 Å². The van der Waals surface area contributed by atoms with Crippen LogP contribution in [0.2, 0.25) is 0 Å². The van der Waals surface area contributed by atoms with Crippen molar-refractivity contribution in [2.75, 3.05) is 6.54 Å². The molecule has 1 aromatic heterocycles. The minimum absolute atomic E-state index is 0.175. The van der Waals surface area contributed by atoms with Crippen LogP contribution in [0.1, 0.15) is 11.3 Å². The largest absolute Gasteiger partial charge is 0.460 e. The first-order valence-corrected chi connectivity index (χ1v) is 7.51. The summed E-state index contributed by atoms with van der Waals surface area (Å²) in [5.74, 6) is 1.05. The zero-order chi connectivity index (χ0) is 16.1. The number of hydrogen-bond donors (Lipinski definition) is 1. The van der Waals surface area contributed by atoms with Gasteiger partial charge in [0, 0.05) is 5.56 Å². The maximum Gasteiger partial charge on any atom is 0.134 e. The van der Waals surface area contributed by atoms with Gasteiger partial charge in [0.2, 0.25) is 0 Å². The summed E-state index contributed by atoms with van der Waals surface area (Å²) in [6.45, 7) is 1.23. The van der Waals surface area contributed by atoms with Gasteiger partial charge in [0.25, 0.3) is 0 Å². The molecule has 2 aromatic carbocycles. The summed E-state index contributed by atoms with van der Waals surface area (Å²) in [7, 11) is 0. The van der Waals surface area contributed by atoms with Gasteiger partial charge in [0.15, 0.2) is 0 Å². The van der Waals surface area contributed by atoms with E-state index in [9.17, 15) is 8.78 Å². The van der Waals surface area contributed by atoms with E-state index < -0.39 is 0 Å². The molecule has 0 unspecified atom stereocenters. The average molecular weight is 313 g/mol. The second kappa shape index (κ2) is 7.20. The Balaban J connectivity index is 1.52. The lowest BCUT2D eigenvalue weighted by Crippen LogP contribution is -2.16. The zero-order valence-corrected chi connectivity index (χ0v) is 12.6. The Kier molecular flexibility index (Phi) is 4.83. The predicted molar refractivity (Wildman–Crippen MR) is 85.9 cm³/mol. The van der Waals surface area contributed by atoms with Crippen LogP contribution in [0.4, 0.5) is 8.78 Å². The molecule has 0 saturated heterocycles. The Morgan fingerprint density at radius 3 is 2.43 bits per heavy atom. The van der Waals surface area contributed by atoms with E-state index in [0.717, 1.165) is 11.3 Å². The number of benzene rings is 2. The number of nitrogens with one attached hydrogen (secondary N) is 1. The maximum absolute atomic E-state index is 13.5. The van der Waals surface area contributed by atoms with Crippen LogP contribution in [0.25, 0.3) is 11.3 Å². The molecule has 0 bridgehead atoms. The summed E-state index contributed by atoms with van der Waals surface area (Å²) in [5.41, 5.74) is 1.54. The predicted octanol–water partition coefficient (Wildman–Crippen LogP) is 4.56. The van der Waals surface area contributed by atoms with Gasteiger partial charge in [-0.2, -0.15) is 0 Å².